The molecule has 2 aromatic carbocycles. The van der Waals surface area contributed by atoms with Gasteiger partial charge in [0.15, 0.2) is 0 Å². The van der Waals surface area contributed by atoms with Crippen LogP contribution in [-0.4, -0.2) is 41.1 Å². The van der Waals surface area contributed by atoms with Crippen LogP contribution in [0.2, 0.25) is 0 Å². The third kappa shape index (κ3) is 4.91. The van der Waals surface area contributed by atoms with E-state index in [0.717, 1.165) is 33.2 Å². The second-order valence-electron chi connectivity index (χ2n) is 9.72. The van der Waals surface area contributed by atoms with Crippen LogP contribution in [0, 0.1) is 6.92 Å². The molecule has 1 heterocycles. The molecule has 0 aromatic heterocycles. The average molecular weight is 475 g/mol. The number of anilines is 3. The Hall–Kier alpha value is -4.07. The number of rotatable bonds is 4. The molecule has 1 aliphatic heterocycles. The summed E-state index contributed by atoms with van der Waals surface area (Å²) in [7, 11) is 0. The number of aryl methyl sites for hydroxylation is 1. The number of aliphatic carboxylic acids is 1. The molecule has 0 saturated carbocycles. The maximum Gasteiger partial charge on any atom is 0.415 e. The molecule has 0 saturated heterocycles. The van der Waals surface area contributed by atoms with Crippen molar-refractivity contribution >= 4 is 40.5 Å². The molecule has 1 atom stereocenters. The molecule has 182 valence electrons. The fraction of sp³-hybridized carbons (Fsp3) is 0.296. The number of benzene rings is 2. The summed E-state index contributed by atoms with van der Waals surface area (Å²) in [6, 6.07) is 13.2. The lowest BCUT2D eigenvalue weighted by Gasteiger charge is -2.39. The van der Waals surface area contributed by atoms with Gasteiger partial charge in [-0.1, -0.05) is 18.2 Å². The standard InChI is InChI=1S/C27H30N4O4/c1-16-11-20-23(13-19(16)28)31(18-9-7-6-8-10-18)24-14-22(17(2)12-21(24)29-20)30(15-25(32)33)26(34)35-27(3,4)5/h6-14,23H,15,28H2,1-5H3,(H,32,33). The summed E-state index contributed by atoms with van der Waals surface area (Å²) in [6.07, 6.45) is 3.22. The smallest absolute Gasteiger partial charge is 0.415 e. The Morgan fingerprint density at radius 3 is 2.49 bits per heavy atom. The summed E-state index contributed by atoms with van der Waals surface area (Å²) in [5.74, 6) is -1.14. The molecule has 2 aromatic rings. The number of allylic oxidation sites excluding steroid dienone is 1. The number of aliphatic imine (C=N–C) groups is 1. The van der Waals surface area contributed by atoms with Gasteiger partial charge in [-0.05, 0) is 82.2 Å². The maximum absolute atomic E-state index is 13.0. The Morgan fingerprint density at radius 1 is 1.17 bits per heavy atom. The molecule has 1 aliphatic carbocycles. The number of carbonyl (C=O) groups excluding carboxylic acids is 1. The first-order chi connectivity index (χ1) is 16.4. The summed E-state index contributed by atoms with van der Waals surface area (Å²) >= 11 is 0. The predicted octanol–water partition coefficient (Wildman–Crippen LogP) is 5.22. The number of ether oxygens (including phenoxy) is 1. The lowest BCUT2D eigenvalue weighted by Crippen LogP contribution is -2.42. The molecule has 0 bridgehead atoms. The van der Waals surface area contributed by atoms with Crippen LogP contribution in [0.1, 0.15) is 33.3 Å². The summed E-state index contributed by atoms with van der Waals surface area (Å²) in [5, 5.41) is 9.55. The molecule has 0 fully saturated rings. The second kappa shape index (κ2) is 8.94. The molecule has 2 aliphatic rings. The van der Waals surface area contributed by atoms with E-state index in [2.05, 4.69) is 4.90 Å². The van der Waals surface area contributed by atoms with Gasteiger partial charge in [0.1, 0.15) is 12.1 Å². The van der Waals surface area contributed by atoms with Crippen molar-refractivity contribution < 1.29 is 19.4 Å². The van der Waals surface area contributed by atoms with Gasteiger partial charge in [0.2, 0.25) is 0 Å². The van der Waals surface area contributed by atoms with Crippen LogP contribution < -0.4 is 15.5 Å². The van der Waals surface area contributed by atoms with E-state index in [1.807, 2.05) is 62.4 Å². The van der Waals surface area contributed by atoms with E-state index in [4.69, 9.17) is 15.5 Å². The molecule has 0 radical (unpaired) electrons. The van der Waals surface area contributed by atoms with E-state index < -0.39 is 24.2 Å². The van der Waals surface area contributed by atoms with Crippen LogP contribution in [0.5, 0.6) is 0 Å². The molecule has 8 heteroatoms. The lowest BCUT2D eigenvalue weighted by molar-refractivity contribution is -0.135. The maximum atomic E-state index is 13.0. The van der Waals surface area contributed by atoms with Crippen LogP contribution >= 0.6 is 0 Å². The Kier molecular flexibility index (Phi) is 6.15. The molecule has 4 rings (SSSR count). The minimum absolute atomic E-state index is 0.251. The van der Waals surface area contributed by atoms with Gasteiger partial charge in [-0.3, -0.25) is 9.69 Å². The summed E-state index contributed by atoms with van der Waals surface area (Å²) in [4.78, 5) is 32.9. The average Bonchev–Trinajstić information content (AvgIpc) is 2.76. The third-order valence-corrected chi connectivity index (χ3v) is 5.77. The van der Waals surface area contributed by atoms with E-state index in [1.54, 1.807) is 26.8 Å². The fourth-order valence-electron chi connectivity index (χ4n) is 4.20. The van der Waals surface area contributed by atoms with Gasteiger partial charge in [-0.25, -0.2) is 9.79 Å². The molecule has 0 spiro atoms. The third-order valence-electron chi connectivity index (χ3n) is 5.77. The Bertz CT molecular complexity index is 1270. The molecule has 1 amide bonds. The molecular formula is C27H30N4O4. The van der Waals surface area contributed by atoms with Gasteiger partial charge in [-0.2, -0.15) is 0 Å². The quantitative estimate of drug-likeness (QED) is 0.629. The van der Waals surface area contributed by atoms with Crippen molar-refractivity contribution in [2.75, 3.05) is 16.3 Å². The number of carbonyl (C=O) groups is 2. The number of nitrogens with zero attached hydrogens (tertiary/aromatic N) is 3. The van der Waals surface area contributed by atoms with E-state index >= 15 is 0 Å². The molecular weight excluding hydrogens is 444 g/mol. The van der Waals surface area contributed by atoms with Crippen LogP contribution in [-0.2, 0) is 9.53 Å². The monoisotopic (exact) mass is 474 g/mol. The van der Waals surface area contributed by atoms with Crippen molar-refractivity contribution in [2.45, 2.75) is 46.3 Å². The van der Waals surface area contributed by atoms with E-state index in [1.165, 1.54) is 0 Å². The largest absolute Gasteiger partial charge is 0.480 e. The second-order valence-corrected chi connectivity index (χ2v) is 9.72. The highest BCUT2D eigenvalue weighted by Gasteiger charge is 2.34. The first-order valence-corrected chi connectivity index (χ1v) is 11.4. The number of carboxylic acids is 1. The summed E-state index contributed by atoms with van der Waals surface area (Å²) in [5.41, 5.74) is 11.5. The lowest BCUT2D eigenvalue weighted by atomic mass is 9.94. The van der Waals surface area contributed by atoms with Gasteiger partial charge in [0, 0.05) is 11.4 Å². The number of fused-ring (bicyclic) bond motifs is 2. The normalized spacial score (nSPS) is 16.9. The Balaban J connectivity index is 1.90. The van der Waals surface area contributed by atoms with Crippen molar-refractivity contribution in [2.24, 2.45) is 10.7 Å². The van der Waals surface area contributed by atoms with Gasteiger partial charge in [0.05, 0.1) is 28.8 Å². The minimum Gasteiger partial charge on any atom is -0.480 e. The first kappa shape index (κ1) is 24.1. The number of hydrogen-bond donors (Lipinski definition) is 2. The predicted molar refractivity (Wildman–Crippen MR) is 138 cm³/mol. The van der Waals surface area contributed by atoms with Crippen molar-refractivity contribution in [3.8, 4) is 0 Å². The van der Waals surface area contributed by atoms with Gasteiger partial charge in [0.25, 0.3) is 0 Å². The highest BCUT2D eigenvalue weighted by atomic mass is 16.6. The number of carboxylic acid groups (broad SMARTS) is 1. The van der Waals surface area contributed by atoms with Gasteiger partial charge in [-0.15, -0.1) is 0 Å². The van der Waals surface area contributed by atoms with Crippen molar-refractivity contribution in [1.29, 1.82) is 0 Å². The van der Waals surface area contributed by atoms with Gasteiger partial charge < -0.3 is 20.5 Å². The van der Waals surface area contributed by atoms with Crippen LogP contribution in [0.15, 0.2) is 70.9 Å². The number of hydrogen-bond acceptors (Lipinski definition) is 6. The van der Waals surface area contributed by atoms with E-state index in [0.29, 0.717) is 16.9 Å². The van der Waals surface area contributed by atoms with Crippen LogP contribution in [0.3, 0.4) is 0 Å². The molecule has 8 nitrogen and oxygen atoms in total. The van der Waals surface area contributed by atoms with E-state index in [-0.39, 0.29) is 6.04 Å². The molecule has 35 heavy (non-hydrogen) atoms. The topological polar surface area (TPSA) is 108 Å². The Morgan fingerprint density at radius 2 is 1.86 bits per heavy atom. The van der Waals surface area contributed by atoms with Crippen molar-refractivity contribution in [3.05, 3.63) is 71.5 Å². The first-order valence-electron chi connectivity index (χ1n) is 11.4. The SMILES string of the molecule is CC1=CC2=Nc3cc(C)c(N(CC(=O)O)C(=O)OC(C)(C)C)cc3N(c3ccccc3)C2C=C1N. The number of amides is 1. The fourth-order valence-corrected chi connectivity index (χ4v) is 4.20. The molecule has 3 N–H and O–H groups in total. The van der Waals surface area contributed by atoms with Crippen LogP contribution in [0.25, 0.3) is 0 Å². The minimum atomic E-state index is -1.14. The van der Waals surface area contributed by atoms with E-state index in [9.17, 15) is 14.7 Å². The van der Waals surface area contributed by atoms with Crippen molar-refractivity contribution in [1.82, 2.24) is 0 Å². The zero-order valence-electron chi connectivity index (χ0n) is 20.6. The summed E-state index contributed by atoms with van der Waals surface area (Å²) < 4.78 is 5.53. The molecule has 1 unspecified atom stereocenters. The summed E-state index contributed by atoms with van der Waals surface area (Å²) in [6.45, 7) is 8.47. The number of para-hydroxylation sites is 1. The van der Waals surface area contributed by atoms with Crippen LogP contribution in [0.4, 0.5) is 27.5 Å². The van der Waals surface area contributed by atoms with Crippen molar-refractivity contribution in [3.63, 3.8) is 0 Å². The highest BCUT2D eigenvalue weighted by Crippen LogP contribution is 2.45. The zero-order valence-corrected chi connectivity index (χ0v) is 20.6. The Labute approximate surface area is 205 Å². The zero-order chi connectivity index (χ0) is 25.5. The van der Waals surface area contributed by atoms with Gasteiger partial charge >= 0.3 is 12.1 Å². The number of nitrogens with two attached hydrogens (primary N) is 1. The highest BCUT2D eigenvalue weighted by molar-refractivity contribution is 6.11.